The number of carbonyl (C=O) groups excluding carboxylic acids is 4. The number of hydrogen-bond donors (Lipinski definition) is 8. The maximum atomic E-state index is 13.8. The van der Waals surface area contributed by atoms with Crippen LogP contribution < -0.4 is 27.4 Å². The van der Waals surface area contributed by atoms with Gasteiger partial charge in [0, 0.05) is 13.1 Å². The minimum absolute atomic E-state index is 0.0945. The predicted octanol–water partition coefficient (Wildman–Crippen LogP) is -0.249. The van der Waals surface area contributed by atoms with E-state index in [9.17, 15) is 39.3 Å². The molecule has 15 heteroatoms. The molecule has 10 N–H and O–H groups in total. The Hall–Kier alpha value is -4.56. The van der Waals surface area contributed by atoms with Crippen molar-refractivity contribution in [1.82, 2.24) is 20.9 Å². The van der Waals surface area contributed by atoms with Crippen molar-refractivity contribution in [3.05, 3.63) is 23.8 Å². The minimum Gasteiger partial charge on any atom is -0.508 e. The first-order valence-corrected chi connectivity index (χ1v) is 14.3. The quantitative estimate of drug-likeness (QED) is 0.0563. The minimum atomic E-state index is -1.19. The Morgan fingerprint density at radius 2 is 1.74 bits per heavy atom. The zero-order valence-corrected chi connectivity index (χ0v) is 24.7. The lowest BCUT2D eigenvalue weighted by molar-refractivity contribution is -0.143. The highest BCUT2D eigenvalue weighted by Crippen LogP contribution is 2.24. The van der Waals surface area contributed by atoms with Gasteiger partial charge in [-0.3, -0.25) is 24.2 Å². The normalized spacial score (nSPS) is 17.2. The summed E-state index contributed by atoms with van der Waals surface area (Å²) in [7, 11) is 0. The number of aromatic hydroxyl groups is 2. The highest BCUT2D eigenvalue weighted by molar-refractivity contribution is 6.01. The van der Waals surface area contributed by atoms with Crippen LogP contribution in [0.2, 0.25) is 0 Å². The average molecular weight is 606 g/mol. The van der Waals surface area contributed by atoms with Crippen molar-refractivity contribution >= 4 is 35.6 Å². The first kappa shape index (κ1) is 34.6. The van der Waals surface area contributed by atoms with Gasteiger partial charge in [-0.25, -0.2) is 4.79 Å². The van der Waals surface area contributed by atoms with Crippen LogP contribution in [0.1, 0.15) is 69.7 Å². The van der Waals surface area contributed by atoms with Crippen molar-refractivity contribution in [2.75, 3.05) is 13.1 Å². The van der Waals surface area contributed by atoms with E-state index in [4.69, 9.17) is 11.5 Å². The number of benzene rings is 1. The molecule has 0 saturated carbocycles. The molecule has 15 nitrogen and oxygen atoms in total. The number of carboxylic acid groups (broad SMARTS) is 1. The number of hydrogen-bond acceptors (Lipinski definition) is 8. The van der Waals surface area contributed by atoms with E-state index in [1.54, 1.807) is 13.8 Å². The van der Waals surface area contributed by atoms with Gasteiger partial charge in [0.2, 0.25) is 17.7 Å². The summed E-state index contributed by atoms with van der Waals surface area (Å²) in [5, 5.41) is 37.0. The third kappa shape index (κ3) is 9.75. The van der Waals surface area contributed by atoms with Crippen LogP contribution in [0.4, 0.5) is 0 Å². The van der Waals surface area contributed by atoms with Crippen LogP contribution in [0, 0.1) is 5.92 Å². The van der Waals surface area contributed by atoms with E-state index in [0.717, 1.165) is 12.1 Å². The number of phenols is 2. The number of amides is 4. The molecule has 2 unspecified atom stereocenters. The predicted molar refractivity (Wildman–Crippen MR) is 157 cm³/mol. The zero-order valence-electron chi connectivity index (χ0n) is 24.7. The number of rotatable bonds is 15. The Morgan fingerprint density at radius 1 is 1.05 bits per heavy atom. The smallest absolute Gasteiger partial charge is 0.326 e. The Balaban J connectivity index is 2.26. The van der Waals surface area contributed by atoms with E-state index in [1.165, 1.54) is 11.0 Å². The maximum Gasteiger partial charge on any atom is 0.326 e. The number of aliphatic imine (C=N–C) groups is 1. The number of nitrogens with two attached hydrogens (primary N) is 2. The van der Waals surface area contributed by atoms with E-state index in [-0.39, 0.29) is 49.1 Å². The van der Waals surface area contributed by atoms with Gasteiger partial charge < -0.3 is 47.6 Å². The molecule has 0 spiro atoms. The lowest BCUT2D eigenvalue weighted by atomic mass is 9.97. The molecule has 43 heavy (non-hydrogen) atoms. The van der Waals surface area contributed by atoms with Crippen LogP contribution in [0.5, 0.6) is 11.5 Å². The summed E-state index contributed by atoms with van der Waals surface area (Å²) in [6.07, 6.45) is 1.86. The standard InChI is InChI=1S/C28H43N7O8/c1-4-15(3)22(25(40)32-18(5-2)27(42)43)34-24(39)20-9-7-13-35(20)26(41)19(8-6-12-31-28(29)30)33-23(38)17-14-16(36)10-11-21(17)37/h10-11,14-15,18-20,22,36-37H,4-9,12-13H2,1-3H3,(H,32,40)(H,33,38)(H,34,39)(H,42,43)(H4,29,30,31)/t15?,18-,19-,20-,22?/m0/s1. The number of guanidine groups is 1. The number of carboxylic acids is 1. The monoisotopic (exact) mass is 605 g/mol. The molecule has 238 valence electrons. The molecule has 0 aliphatic carbocycles. The molecule has 1 aliphatic heterocycles. The Morgan fingerprint density at radius 3 is 2.35 bits per heavy atom. The fourth-order valence-electron chi connectivity index (χ4n) is 4.76. The van der Waals surface area contributed by atoms with E-state index in [0.29, 0.717) is 25.7 Å². The lowest BCUT2D eigenvalue weighted by Crippen LogP contribution is -2.58. The van der Waals surface area contributed by atoms with E-state index < -0.39 is 59.5 Å². The largest absolute Gasteiger partial charge is 0.508 e. The van der Waals surface area contributed by atoms with Crippen LogP contribution in [0.15, 0.2) is 23.2 Å². The van der Waals surface area contributed by atoms with Crippen LogP contribution in [-0.2, 0) is 19.2 Å². The molecule has 1 aromatic carbocycles. The van der Waals surface area contributed by atoms with E-state index >= 15 is 0 Å². The second-order valence-corrected chi connectivity index (χ2v) is 10.5. The summed E-state index contributed by atoms with van der Waals surface area (Å²) in [6, 6.07) is -0.823. The van der Waals surface area contributed by atoms with Crippen molar-refractivity contribution in [3.63, 3.8) is 0 Å². The molecule has 5 atom stereocenters. The molecule has 0 radical (unpaired) electrons. The first-order chi connectivity index (χ1) is 20.3. The van der Waals surface area contributed by atoms with Gasteiger partial charge in [0.05, 0.1) is 5.56 Å². The molecular weight excluding hydrogens is 562 g/mol. The van der Waals surface area contributed by atoms with Gasteiger partial charge in [0.15, 0.2) is 5.96 Å². The molecule has 2 rings (SSSR count). The van der Waals surface area contributed by atoms with Gasteiger partial charge in [0.1, 0.15) is 35.7 Å². The summed E-state index contributed by atoms with van der Waals surface area (Å²) in [4.78, 5) is 69.9. The maximum absolute atomic E-state index is 13.8. The highest BCUT2D eigenvalue weighted by Gasteiger charge is 2.40. The van der Waals surface area contributed by atoms with Gasteiger partial charge in [-0.1, -0.05) is 27.2 Å². The summed E-state index contributed by atoms with van der Waals surface area (Å²) >= 11 is 0. The third-order valence-corrected chi connectivity index (χ3v) is 7.43. The van der Waals surface area contributed by atoms with Crippen LogP contribution in [0.3, 0.4) is 0 Å². The number of phenolic OH excluding ortho intramolecular Hbond substituents is 2. The van der Waals surface area contributed by atoms with Crippen molar-refractivity contribution in [2.24, 2.45) is 22.4 Å². The molecule has 1 saturated heterocycles. The average Bonchev–Trinajstić information content (AvgIpc) is 3.46. The van der Waals surface area contributed by atoms with Gasteiger partial charge >= 0.3 is 5.97 Å². The Bertz CT molecular complexity index is 1200. The van der Waals surface area contributed by atoms with Crippen LogP contribution in [-0.4, -0.2) is 93.0 Å². The van der Waals surface area contributed by atoms with Gasteiger partial charge in [0.25, 0.3) is 5.91 Å². The van der Waals surface area contributed by atoms with Gasteiger partial charge in [-0.2, -0.15) is 0 Å². The number of carbonyl (C=O) groups is 5. The summed E-state index contributed by atoms with van der Waals surface area (Å²) in [5.41, 5.74) is 10.5. The highest BCUT2D eigenvalue weighted by atomic mass is 16.4. The molecule has 1 aliphatic rings. The molecule has 1 heterocycles. The molecule has 0 bridgehead atoms. The SMILES string of the molecule is CCC(C)C(NC(=O)[C@@H]1CCCN1C(=O)[C@H](CCCN=C(N)N)NC(=O)c1cc(O)ccc1O)C(=O)N[C@@H](CC)C(=O)O. The summed E-state index contributed by atoms with van der Waals surface area (Å²) < 4.78 is 0. The number of nitrogens with zero attached hydrogens (tertiary/aromatic N) is 2. The molecule has 4 amide bonds. The number of nitrogens with one attached hydrogen (secondary N) is 3. The van der Waals surface area contributed by atoms with Gasteiger partial charge in [-0.05, 0) is 56.2 Å². The molecular formula is C28H43N7O8. The van der Waals surface area contributed by atoms with E-state index in [2.05, 4.69) is 20.9 Å². The first-order valence-electron chi connectivity index (χ1n) is 14.3. The number of aliphatic carboxylic acids is 1. The van der Waals surface area contributed by atoms with Crippen LogP contribution in [0.25, 0.3) is 0 Å². The molecule has 0 aromatic heterocycles. The third-order valence-electron chi connectivity index (χ3n) is 7.43. The van der Waals surface area contributed by atoms with E-state index in [1.807, 2.05) is 6.92 Å². The van der Waals surface area contributed by atoms with Crippen molar-refractivity contribution in [3.8, 4) is 11.5 Å². The van der Waals surface area contributed by atoms with Crippen molar-refractivity contribution in [2.45, 2.75) is 83.5 Å². The summed E-state index contributed by atoms with van der Waals surface area (Å²) in [6.45, 7) is 5.59. The molecule has 1 fully saturated rings. The van der Waals surface area contributed by atoms with Crippen LogP contribution >= 0.6 is 0 Å². The van der Waals surface area contributed by atoms with Crippen molar-refractivity contribution < 1.29 is 39.3 Å². The fraction of sp³-hybridized carbons (Fsp3) is 0.571. The topological polar surface area (TPSA) is 250 Å². The molecule has 1 aromatic rings. The second-order valence-electron chi connectivity index (χ2n) is 10.5. The number of likely N-dealkylation sites (tertiary alicyclic amines) is 1. The van der Waals surface area contributed by atoms with Gasteiger partial charge in [-0.15, -0.1) is 0 Å². The zero-order chi connectivity index (χ0) is 32.3. The Labute approximate surface area is 250 Å². The fourth-order valence-corrected chi connectivity index (χ4v) is 4.76. The summed E-state index contributed by atoms with van der Waals surface area (Å²) in [5.74, 6) is -4.91. The van der Waals surface area contributed by atoms with Crippen molar-refractivity contribution in [1.29, 1.82) is 0 Å². The Kier molecular flexibility index (Phi) is 13.0. The lowest BCUT2D eigenvalue weighted by Gasteiger charge is -2.31. The second kappa shape index (κ2) is 16.2.